The van der Waals surface area contributed by atoms with Crippen molar-refractivity contribution in [2.75, 3.05) is 0 Å². The van der Waals surface area contributed by atoms with Gasteiger partial charge in [0.2, 0.25) is 0 Å². The predicted octanol–water partition coefficient (Wildman–Crippen LogP) is 10.7. The second-order valence-electron chi connectivity index (χ2n) is 12.9. The molecule has 0 saturated carbocycles. The van der Waals surface area contributed by atoms with Crippen LogP contribution in [0.2, 0.25) is 0 Å². The van der Waals surface area contributed by atoms with Crippen LogP contribution >= 0.6 is 27.9 Å². The molecule has 0 heterocycles. The molecular weight excluding hydrogens is 663 g/mol. The summed E-state index contributed by atoms with van der Waals surface area (Å²) in [6, 6.07) is 48.3. The van der Waals surface area contributed by atoms with Gasteiger partial charge in [-0.1, -0.05) is 144 Å². The summed E-state index contributed by atoms with van der Waals surface area (Å²) in [4.78, 5) is 0. The normalized spacial score (nSPS) is 13.8. The summed E-state index contributed by atoms with van der Waals surface area (Å²) in [5.74, 6) is 1.38. The molecule has 0 nitrogen and oxygen atoms in total. The van der Waals surface area contributed by atoms with E-state index in [0.717, 1.165) is 0 Å². The molecular formula is C40H41Cl3SiTi. The van der Waals surface area contributed by atoms with Gasteiger partial charge in [0.15, 0.2) is 8.07 Å². The Morgan fingerprint density at radius 1 is 0.556 bits per heavy atom. The summed E-state index contributed by atoms with van der Waals surface area (Å²) in [6.45, 7) is 13.9. The van der Waals surface area contributed by atoms with Crippen molar-refractivity contribution < 1.29 is 14.7 Å². The van der Waals surface area contributed by atoms with Crippen molar-refractivity contribution in [1.29, 1.82) is 0 Å². The van der Waals surface area contributed by atoms with E-state index in [4.69, 9.17) is 27.9 Å². The van der Waals surface area contributed by atoms with E-state index < -0.39 is 22.8 Å². The molecule has 230 valence electrons. The number of benzene rings is 5. The Morgan fingerprint density at radius 2 is 0.978 bits per heavy atom. The van der Waals surface area contributed by atoms with Gasteiger partial charge in [-0.05, 0) is 61.1 Å². The first-order valence-corrected chi connectivity index (χ1v) is 24.3. The zero-order valence-corrected chi connectivity index (χ0v) is 31.7. The molecule has 0 bridgehead atoms. The summed E-state index contributed by atoms with van der Waals surface area (Å²) >= 11 is -1.92. The van der Waals surface area contributed by atoms with Crippen LogP contribution < -0.4 is 15.6 Å². The van der Waals surface area contributed by atoms with Crippen LogP contribution in [0, 0.1) is 6.07 Å². The standard InChI is InChI=1S/C40H41Si.3ClH.Ti/c1-27(2)30-14-11-17-33(24-30)41(34-18-12-15-31(25-34)28(3)4,35-19-13-16-32(26-35)29(5)6)40-38-22-9-7-20-36(38)37-21-8-10-23-39(37)40;;;;/h7-22,24-29,40H,1-6H3;3*1H;/q-1;;;;+4/p-3. The fourth-order valence-corrected chi connectivity index (χ4v) is 12.6. The Morgan fingerprint density at radius 3 is 1.42 bits per heavy atom. The molecule has 1 aliphatic rings. The Bertz CT molecular complexity index is 1590. The molecule has 1 unspecified atom stereocenters. The van der Waals surface area contributed by atoms with Gasteiger partial charge in [0.05, 0.1) is 0 Å². The molecule has 1 atom stereocenters. The molecule has 0 N–H and O–H groups in total. The van der Waals surface area contributed by atoms with Crippen LogP contribution in [0.5, 0.6) is 0 Å². The summed E-state index contributed by atoms with van der Waals surface area (Å²) in [6.07, 6.45) is 0. The fourth-order valence-electron chi connectivity index (χ4n) is 6.95. The van der Waals surface area contributed by atoms with Crippen molar-refractivity contribution in [2.24, 2.45) is 0 Å². The third-order valence-electron chi connectivity index (χ3n) is 9.20. The number of fused-ring (bicyclic) bond motifs is 3. The molecule has 0 aliphatic heterocycles. The van der Waals surface area contributed by atoms with E-state index in [0.29, 0.717) is 17.8 Å². The first-order valence-electron chi connectivity index (χ1n) is 15.8. The van der Waals surface area contributed by atoms with E-state index in [-0.39, 0.29) is 5.54 Å². The van der Waals surface area contributed by atoms with Crippen molar-refractivity contribution in [3.05, 3.63) is 149 Å². The van der Waals surface area contributed by atoms with Gasteiger partial charge >= 0.3 is 42.6 Å². The number of hydrogen-bond acceptors (Lipinski definition) is 0. The molecule has 0 aromatic heterocycles. The molecule has 0 fully saturated rings. The van der Waals surface area contributed by atoms with Crippen LogP contribution in [-0.4, -0.2) is 8.07 Å². The van der Waals surface area contributed by atoms with Crippen molar-refractivity contribution >= 4 is 51.5 Å². The van der Waals surface area contributed by atoms with Crippen LogP contribution in [0.15, 0.2) is 115 Å². The van der Waals surface area contributed by atoms with E-state index in [9.17, 15) is 0 Å². The quantitative estimate of drug-likeness (QED) is 0.0899. The molecule has 0 saturated heterocycles. The molecule has 5 aromatic rings. The Hall–Kier alpha value is -2.10. The minimum absolute atomic E-state index is 0.210. The van der Waals surface area contributed by atoms with Crippen molar-refractivity contribution in [3.63, 3.8) is 0 Å². The number of rotatable bonds is 7. The van der Waals surface area contributed by atoms with E-state index in [1.54, 1.807) is 0 Å². The summed E-state index contributed by atoms with van der Waals surface area (Å²) in [5, 5.41) is 4.45. The summed E-state index contributed by atoms with van der Waals surface area (Å²) in [7, 11) is 12.2. The molecule has 6 rings (SSSR count). The van der Waals surface area contributed by atoms with Gasteiger partial charge in [0, 0.05) is 0 Å². The van der Waals surface area contributed by atoms with E-state index >= 15 is 0 Å². The first kappa shape index (κ1) is 34.2. The van der Waals surface area contributed by atoms with Crippen LogP contribution in [0.1, 0.15) is 92.7 Å². The van der Waals surface area contributed by atoms with E-state index in [1.165, 1.54) is 54.5 Å². The fraction of sp³-hybridized carbons (Fsp3) is 0.250. The third-order valence-corrected chi connectivity index (χ3v) is 14.3. The monoisotopic (exact) mass is 702 g/mol. The average molecular weight is 704 g/mol. The molecule has 0 amide bonds. The van der Waals surface area contributed by atoms with Gasteiger partial charge in [-0.25, -0.2) is 0 Å². The van der Waals surface area contributed by atoms with E-state index in [1.807, 2.05) is 0 Å². The topological polar surface area (TPSA) is 0 Å². The molecule has 5 heteroatoms. The van der Waals surface area contributed by atoms with Crippen molar-refractivity contribution in [3.8, 4) is 11.1 Å². The Labute approximate surface area is 289 Å². The van der Waals surface area contributed by atoms with Gasteiger partial charge in [0.1, 0.15) is 0 Å². The van der Waals surface area contributed by atoms with Crippen LogP contribution in [0.25, 0.3) is 11.1 Å². The second kappa shape index (κ2) is 14.8. The summed E-state index contributed by atoms with van der Waals surface area (Å²) in [5.41, 5.74) is 9.92. The predicted molar refractivity (Wildman–Crippen MR) is 196 cm³/mol. The average Bonchev–Trinajstić information content (AvgIpc) is 3.36. The van der Waals surface area contributed by atoms with E-state index in [2.05, 4.69) is 163 Å². The van der Waals surface area contributed by atoms with Gasteiger partial charge in [0.25, 0.3) is 0 Å². The Kier molecular flexibility index (Phi) is 11.2. The molecule has 5 aromatic carbocycles. The molecule has 45 heavy (non-hydrogen) atoms. The number of halogens is 3. The van der Waals surface area contributed by atoms with Gasteiger partial charge in [-0.2, -0.15) is 24.3 Å². The second-order valence-corrected chi connectivity index (χ2v) is 24.5. The third kappa shape index (κ3) is 6.96. The molecule has 0 radical (unpaired) electrons. The van der Waals surface area contributed by atoms with Gasteiger partial charge in [-0.3, -0.25) is 0 Å². The molecule has 0 spiro atoms. The summed E-state index contributed by atoms with van der Waals surface area (Å²) < 4.78 is 0. The minimum atomic E-state index is -2.76. The maximum atomic E-state index is 4.97. The first-order chi connectivity index (χ1) is 21.5. The Balaban J connectivity index is 0.000000945. The number of hydrogen-bond donors (Lipinski definition) is 0. The molecule has 1 aliphatic carbocycles. The van der Waals surface area contributed by atoms with Crippen LogP contribution in [0.4, 0.5) is 0 Å². The zero-order chi connectivity index (χ0) is 32.3. The van der Waals surface area contributed by atoms with Gasteiger partial charge in [-0.15, -0.1) is 11.1 Å². The zero-order valence-electron chi connectivity index (χ0n) is 26.9. The van der Waals surface area contributed by atoms with Crippen LogP contribution in [-0.2, 0) is 14.7 Å². The van der Waals surface area contributed by atoms with Crippen molar-refractivity contribution in [1.82, 2.24) is 0 Å². The van der Waals surface area contributed by atoms with Gasteiger partial charge < -0.3 is 0 Å². The SMILES string of the molecule is CC(C)c1cccc([Si](c2cccc(C(C)C)c2)(c2cccc(C(C)C)c2)C2c3[c-]cccc3-c3ccccc32)c1.[Cl][Ti+]([Cl])[Cl]. The maximum absolute atomic E-state index is 4.97. The van der Waals surface area contributed by atoms with Crippen molar-refractivity contribution in [2.45, 2.75) is 64.8 Å². The van der Waals surface area contributed by atoms with Crippen LogP contribution in [0.3, 0.4) is 0 Å².